The van der Waals surface area contributed by atoms with Crippen molar-refractivity contribution in [3.63, 3.8) is 0 Å². The Hall–Kier alpha value is -4.45. The number of ether oxygens (including phenoxy) is 2. The number of nitrogens with one attached hydrogen (secondary N) is 1. The lowest BCUT2D eigenvalue weighted by molar-refractivity contribution is -0.143. The fourth-order valence-corrected chi connectivity index (χ4v) is 6.81. The molecule has 0 saturated heterocycles. The number of imidazole rings is 1. The minimum absolute atomic E-state index is 0.0549. The quantitative estimate of drug-likeness (QED) is 0.0850. The zero-order valence-electron chi connectivity index (χ0n) is 28.7. The molecule has 0 atom stereocenters. The van der Waals surface area contributed by atoms with Gasteiger partial charge in [0.25, 0.3) is 0 Å². The number of unbranched alkanes of at least 4 members (excludes halogenated alkanes) is 3. The molecule has 4 aromatic rings. The van der Waals surface area contributed by atoms with Gasteiger partial charge < -0.3 is 35.1 Å². The lowest BCUT2D eigenvalue weighted by Gasteiger charge is -2.33. The number of amides is 1. The van der Waals surface area contributed by atoms with E-state index in [0.717, 1.165) is 44.0 Å². The van der Waals surface area contributed by atoms with Gasteiger partial charge in [0.05, 0.1) is 11.1 Å². The van der Waals surface area contributed by atoms with E-state index in [9.17, 15) is 36.2 Å². The van der Waals surface area contributed by atoms with Gasteiger partial charge in [0.1, 0.15) is 6.33 Å². The van der Waals surface area contributed by atoms with Gasteiger partial charge in [-0.15, -0.1) is 0 Å². The number of aromatic nitrogens is 4. The van der Waals surface area contributed by atoms with Crippen LogP contribution in [-0.4, -0.2) is 67.6 Å². The van der Waals surface area contributed by atoms with Crippen molar-refractivity contribution in [1.29, 1.82) is 0 Å². The maximum absolute atomic E-state index is 13.8. The van der Waals surface area contributed by atoms with Crippen molar-refractivity contribution in [2.45, 2.75) is 87.4 Å². The van der Waals surface area contributed by atoms with Crippen LogP contribution in [0.3, 0.4) is 0 Å². The number of aryl methyl sites for hydroxylation is 1. The van der Waals surface area contributed by atoms with E-state index in [1.54, 1.807) is 4.57 Å². The molecular weight excluding hydrogens is 716 g/mol. The van der Waals surface area contributed by atoms with Gasteiger partial charge in [-0.3, -0.25) is 0 Å². The van der Waals surface area contributed by atoms with Gasteiger partial charge in [0, 0.05) is 23.5 Å². The molecule has 0 radical (unpaired) electrons. The van der Waals surface area contributed by atoms with Crippen molar-refractivity contribution in [3.05, 3.63) is 47.8 Å². The average molecular weight is 756 g/mol. The van der Waals surface area contributed by atoms with Crippen LogP contribution in [-0.2, 0) is 18.9 Å². The number of alkyl halides is 6. The number of halogens is 6. The van der Waals surface area contributed by atoms with Gasteiger partial charge >= 0.3 is 18.4 Å². The molecule has 2 aromatic heterocycles. The summed E-state index contributed by atoms with van der Waals surface area (Å²) in [5, 5.41) is 13.2. The topological polar surface area (TPSA) is 141 Å². The highest BCUT2D eigenvalue weighted by Crippen LogP contribution is 2.47. The summed E-state index contributed by atoms with van der Waals surface area (Å²) in [5.74, 6) is 0.553. The molecule has 18 heteroatoms. The number of fused-ring (bicyclic) bond motifs is 2. The summed E-state index contributed by atoms with van der Waals surface area (Å²) >= 11 is 1.02. The van der Waals surface area contributed by atoms with E-state index in [4.69, 9.17) is 15.2 Å². The van der Waals surface area contributed by atoms with Gasteiger partial charge in [0.2, 0.25) is 6.79 Å². The second kappa shape index (κ2) is 15.7. The Labute approximate surface area is 299 Å². The number of rotatable bonds is 14. The first-order valence-electron chi connectivity index (χ1n) is 16.5. The van der Waals surface area contributed by atoms with E-state index in [-0.39, 0.29) is 46.2 Å². The Kier molecular flexibility index (Phi) is 11.7. The maximum atomic E-state index is 13.8. The summed E-state index contributed by atoms with van der Waals surface area (Å²) in [5.41, 5.74) is 3.21. The molecule has 1 amide bonds. The van der Waals surface area contributed by atoms with Crippen molar-refractivity contribution in [3.8, 4) is 22.6 Å². The summed E-state index contributed by atoms with van der Waals surface area (Å²) in [6.07, 6.45) is -5.59. The fourth-order valence-electron chi connectivity index (χ4n) is 5.73. The van der Waals surface area contributed by atoms with E-state index in [2.05, 4.69) is 20.3 Å². The Morgan fingerprint density at radius 2 is 1.56 bits per heavy atom. The molecule has 1 aliphatic rings. The lowest BCUT2D eigenvalue weighted by atomic mass is 9.98. The number of hydrogen-bond acceptors (Lipinski definition) is 9. The monoisotopic (exact) mass is 755 g/mol. The fraction of sp³-hybridized carbons (Fsp3) is 0.471. The third-order valence-electron chi connectivity index (χ3n) is 8.36. The van der Waals surface area contributed by atoms with Gasteiger partial charge in [-0.2, -0.15) is 26.3 Å². The Morgan fingerprint density at radius 1 is 0.923 bits per heavy atom. The zero-order chi connectivity index (χ0) is 37.8. The molecule has 3 heterocycles. The van der Waals surface area contributed by atoms with Crippen molar-refractivity contribution in [1.82, 2.24) is 29.7 Å². The van der Waals surface area contributed by atoms with Crippen LogP contribution in [0.15, 0.2) is 46.7 Å². The molecule has 0 spiro atoms. The molecule has 0 unspecified atom stereocenters. The van der Waals surface area contributed by atoms with Crippen LogP contribution in [0.25, 0.3) is 22.3 Å². The first-order valence-corrected chi connectivity index (χ1v) is 17.3. The van der Waals surface area contributed by atoms with Gasteiger partial charge in [0.15, 0.2) is 33.6 Å². The number of carboxylic acid groups (broad SMARTS) is 1. The molecule has 0 saturated carbocycles. The van der Waals surface area contributed by atoms with Gasteiger partial charge in [-0.05, 0) is 94.6 Å². The highest BCUT2D eigenvalue weighted by atomic mass is 32.2. The van der Waals surface area contributed by atoms with Gasteiger partial charge in [-0.25, -0.2) is 19.7 Å². The van der Waals surface area contributed by atoms with E-state index in [0.29, 0.717) is 54.5 Å². The number of carbonyl (C=O) groups is 1. The number of nitrogens with two attached hydrogens (primary N) is 1. The first-order chi connectivity index (χ1) is 24.4. The van der Waals surface area contributed by atoms with Crippen LogP contribution in [0.1, 0.15) is 64.0 Å². The summed E-state index contributed by atoms with van der Waals surface area (Å²) in [7, 11) is 0. The normalized spacial score (nSPS) is 13.2. The van der Waals surface area contributed by atoms with Crippen LogP contribution in [0.5, 0.6) is 11.5 Å². The molecule has 5 rings (SSSR count). The minimum atomic E-state index is -5.03. The van der Waals surface area contributed by atoms with Crippen LogP contribution >= 0.6 is 11.8 Å². The second-order valence-corrected chi connectivity index (χ2v) is 14.2. The van der Waals surface area contributed by atoms with Crippen LogP contribution in [0.4, 0.5) is 37.0 Å². The third-order valence-corrected chi connectivity index (χ3v) is 9.41. The predicted octanol–water partition coefficient (Wildman–Crippen LogP) is 8.31. The molecule has 2 aromatic carbocycles. The smallest absolute Gasteiger partial charge is 0.416 e. The lowest BCUT2D eigenvalue weighted by Crippen LogP contribution is -2.45. The van der Waals surface area contributed by atoms with Crippen molar-refractivity contribution < 1.29 is 45.7 Å². The van der Waals surface area contributed by atoms with Crippen LogP contribution < -0.4 is 20.5 Å². The van der Waals surface area contributed by atoms with Crippen molar-refractivity contribution >= 4 is 34.8 Å². The van der Waals surface area contributed by atoms with Crippen molar-refractivity contribution in [2.75, 3.05) is 32.2 Å². The molecule has 11 nitrogen and oxygen atoms in total. The average Bonchev–Trinajstić information content (AvgIpc) is 3.66. The molecule has 4 N–H and O–H groups in total. The van der Waals surface area contributed by atoms with E-state index >= 15 is 0 Å². The number of anilines is 1. The molecule has 1 aliphatic heterocycles. The molecular formula is C34H39F6N7O4S. The predicted molar refractivity (Wildman–Crippen MR) is 182 cm³/mol. The van der Waals surface area contributed by atoms with Crippen LogP contribution in [0, 0.1) is 0 Å². The maximum Gasteiger partial charge on any atom is 0.416 e. The molecule has 282 valence electrons. The second-order valence-electron chi connectivity index (χ2n) is 13.2. The van der Waals surface area contributed by atoms with Gasteiger partial charge in [-0.1, -0.05) is 24.6 Å². The first kappa shape index (κ1) is 38.8. The summed E-state index contributed by atoms with van der Waals surface area (Å²) in [6, 6.07) is 4.29. The minimum Gasteiger partial charge on any atom is -0.465 e. The third kappa shape index (κ3) is 9.31. The van der Waals surface area contributed by atoms with E-state index < -0.39 is 35.1 Å². The molecule has 0 aliphatic carbocycles. The van der Waals surface area contributed by atoms with E-state index in [1.807, 2.05) is 20.8 Å². The number of nitrogen functional groups attached to an aromatic ring is 1. The van der Waals surface area contributed by atoms with E-state index in [1.165, 1.54) is 23.4 Å². The molecule has 0 fully saturated rings. The van der Waals surface area contributed by atoms with Crippen LogP contribution in [0.2, 0.25) is 0 Å². The Balaban J connectivity index is 1.32. The standard InChI is InChI=1S/C34H39F6N7O4S/c1-32(2,3)47(31(48)49)12-7-5-4-6-9-42-10-8-11-46-29-27(28(41)43-18-44-29)45-30(46)52-26-17-25-24(50-19-51-25)16-23(26)20-13-21(33(35,36)37)15-22(14-20)34(38,39)40/h13-18,42H,4-12,19H2,1-3H3,(H,48,49)(H2,41,43,44). The summed E-state index contributed by atoms with van der Waals surface area (Å²) in [4.78, 5) is 26.2. The largest absolute Gasteiger partial charge is 0.465 e. The highest BCUT2D eigenvalue weighted by Gasteiger charge is 2.37. The zero-order valence-corrected chi connectivity index (χ0v) is 29.5. The van der Waals surface area contributed by atoms with Crippen molar-refractivity contribution in [2.24, 2.45) is 0 Å². The molecule has 52 heavy (non-hydrogen) atoms. The summed E-state index contributed by atoms with van der Waals surface area (Å²) < 4.78 is 95.5. The SMILES string of the molecule is CC(C)(C)N(CCCCCCNCCCn1c(Sc2cc3c(cc2-c2cc(C(F)(F)F)cc(C(F)(F)F)c2)OCO3)nc2c(N)ncnc21)C(=O)O. The molecule has 0 bridgehead atoms. The number of hydrogen-bond donors (Lipinski definition) is 3. The number of nitrogens with zero attached hydrogens (tertiary/aromatic N) is 5. The highest BCUT2D eigenvalue weighted by molar-refractivity contribution is 7.99. The Morgan fingerprint density at radius 3 is 2.19 bits per heavy atom. The Bertz CT molecular complexity index is 1860. The summed E-state index contributed by atoms with van der Waals surface area (Å²) in [6.45, 7) is 7.69. The number of benzene rings is 2.